The zero-order valence-electron chi connectivity index (χ0n) is 10.6. The van der Waals surface area contributed by atoms with Gasteiger partial charge in [0.2, 0.25) is 5.91 Å². The van der Waals surface area contributed by atoms with Crippen molar-refractivity contribution in [1.82, 2.24) is 4.90 Å². The molecule has 5 nitrogen and oxygen atoms in total. The Balaban J connectivity index is 2.54. The van der Waals surface area contributed by atoms with E-state index in [4.69, 9.17) is 5.73 Å². The van der Waals surface area contributed by atoms with Crippen molar-refractivity contribution < 1.29 is 13.2 Å². The maximum absolute atomic E-state index is 11.9. The van der Waals surface area contributed by atoms with Crippen LogP contribution in [0.4, 0.5) is 0 Å². The van der Waals surface area contributed by atoms with Crippen molar-refractivity contribution >= 4 is 15.7 Å². The molecular weight excluding hydrogens is 240 g/mol. The number of hydrogen-bond donors (Lipinski definition) is 1. The van der Waals surface area contributed by atoms with Crippen LogP contribution in [0, 0.1) is 5.92 Å². The number of amides is 1. The van der Waals surface area contributed by atoms with Gasteiger partial charge in [-0.05, 0) is 32.2 Å². The zero-order valence-corrected chi connectivity index (χ0v) is 11.4. The van der Waals surface area contributed by atoms with Gasteiger partial charge in [0.15, 0.2) is 9.84 Å². The van der Waals surface area contributed by atoms with Crippen molar-refractivity contribution in [3.63, 3.8) is 0 Å². The van der Waals surface area contributed by atoms with E-state index in [1.807, 2.05) is 6.92 Å². The average molecular weight is 262 g/mol. The summed E-state index contributed by atoms with van der Waals surface area (Å²) in [6, 6.07) is 0.273. The first-order valence-corrected chi connectivity index (χ1v) is 7.91. The molecule has 6 heteroatoms. The van der Waals surface area contributed by atoms with Crippen LogP contribution in [0.2, 0.25) is 0 Å². The van der Waals surface area contributed by atoms with E-state index in [1.54, 1.807) is 11.8 Å². The van der Waals surface area contributed by atoms with E-state index >= 15 is 0 Å². The van der Waals surface area contributed by atoms with Gasteiger partial charge in [0.05, 0.1) is 5.75 Å². The Hall–Kier alpha value is -0.620. The lowest BCUT2D eigenvalue weighted by atomic mass is 10.2. The highest BCUT2D eigenvalue weighted by Crippen LogP contribution is 2.26. The summed E-state index contributed by atoms with van der Waals surface area (Å²) < 4.78 is 23.5. The molecule has 0 aromatic heterocycles. The number of nitrogens with two attached hydrogens (primary N) is 1. The second-order valence-electron chi connectivity index (χ2n) is 4.81. The Labute approximate surface area is 103 Å². The molecule has 100 valence electrons. The summed E-state index contributed by atoms with van der Waals surface area (Å²) >= 11 is 0. The molecule has 0 aromatic rings. The van der Waals surface area contributed by atoms with Gasteiger partial charge < -0.3 is 10.6 Å². The number of rotatable bonds is 7. The van der Waals surface area contributed by atoms with Crippen LogP contribution < -0.4 is 5.73 Å². The Morgan fingerprint density at radius 3 is 2.47 bits per heavy atom. The van der Waals surface area contributed by atoms with Crippen molar-refractivity contribution in [2.45, 2.75) is 32.7 Å². The maximum atomic E-state index is 11.9. The van der Waals surface area contributed by atoms with Gasteiger partial charge in [-0.25, -0.2) is 8.42 Å². The van der Waals surface area contributed by atoms with Crippen LogP contribution in [-0.2, 0) is 14.6 Å². The molecule has 0 aromatic carbocycles. The fourth-order valence-electron chi connectivity index (χ4n) is 1.86. The molecule has 0 spiro atoms. The fourth-order valence-corrected chi connectivity index (χ4v) is 3.52. The molecule has 1 aliphatic rings. The fraction of sp³-hybridized carbons (Fsp3) is 0.909. The summed E-state index contributed by atoms with van der Waals surface area (Å²) in [6.07, 6.45) is 2.00. The topological polar surface area (TPSA) is 80.5 Å². The van der Waals surface area contributed by atoms with Crippen molar-refractivity contribution in [2.24, 2.45) is 11.7 Å². The highest BCUT2D eigenvalue weighted by atomic mass is 32.2. The third kappa shape index (κ3) is 4.63. The van der Waals surface area contributed by atoms with Crippen molar-refractivity contribution in [2.75, 3.05) is 24.6 Å². The first kappa shape index (κ1) is 14.4. The number of carbonyl (C=O) groups is 1. The molecule has 1 amide bonds. The monoisotopic (exact) mass is 262 g/mol. The van der Waals surface area contributed by atoms with Gasteiger partial charge in [-0.15, -0.1) is 0 Å². The van der Waals surface area contributed by atoms with Crippen LogP contribution in [0.1, 0.15) is 26.7 Å². The summed E-state index contributed by atoms with van der Waals surface area (Å²) in [5.41, 5.74) is 5.39. The van der Waals surface area contributed by atoms with Gasteiger partial charge in [-0.2, -0.15) is 0 Å². The Morgan fingerprint density at radius 2 is 2.06 bits per heavy atom. The van der Waals surface area contributed by atoms with Crippen molar-refractivity contribution in [3.8, 4) is 0 Å². The maximum Gasteiger partial charge on any atom is 0.238 e. The van der Waals surface area contributed by atoms with Gasteiger partial charge in [-0.1, -0.05) is 6.92 Å². The molecule has 1 fully saturated rings. The molecule has 1 unspecified atom stereocenters. The highest BCUT2D eigenvalue weighted by Gasteiger charge is 2.33. The quantitative estimate of drug-likeness (QED) is 0.700. The van der Waals surface area contributed by atoms with Crippen LogP contribution in [0.25, 0.3) is 0 Å². The van der Waals surface area contributed by atoms with E-state index in [0.717, 1.165) is 12.8 Å². The second kappa shape index (κ2) is 5.82. The predicted octanol–water partition coefficient (Wildman–Crippen LogP) is 0.00690. The first-order valence-electron chi connectivity index (χ1n) is 6.09. The highest BCUT2D eigenvalue weighted by molar-refractivity contribution is 7.92. The number of sulfone groups is 1. The van der Waals surface area contributed by atoms with Crippen LogP contribution in [0.15, 0.2) is 0 Å². The van der Waals surface area contributed by atoms with E-state index in [2.05, 4.69) is 0 Å². The largest absolute Gasteiger partial charge is 0.339 e. The Morgan fingerprint density at radius 1 is 1.47 bits per heavy atom. The first-order chi connectivity index (χ1) is 7.89. The third-order valence-electron chi connectivity index (χ3n) is 2.93. The van der Waals surface area contributed by atoms with E-state index < -0.39 is 9.84 Å². The number of hydrogen-bond acceptors (Lipinski definition) is 4. The van der Waals surface area contributed by atoms with E-state index in [-0.39, 0.29) is 29.4 Å². The SMILES string of the molecule is CCN(C(=O)CS(=O)(=O)CC(C)CN)C1CC1. The summed E-state index contributed by atoms with van der Waals surface area (Å²) in [4.78, 5) is 13.5. The molecule has 1 saturated carbocycles. The van der Waals surface area contributed by atoms with E-state index in [0.29, 0.717) is 13.1 Å². The van der Waals surface area contributed by atoms with Gasteiger partial charge in [0.1, 0.15) is 5.75 Å². The molecule has 17 heavy (non-hydrogen) atoms. The van der Waals surface area contributed by atoms with Gasteiger partial charge >= 0.3 is 0 Å². The van der Waals surface area contributed by atoms with Crippen molar-refractivity contribution in [1.29, 1.82) is 0 Å². The molecule has 0 radical (unpaired) electrons. The lowest BCUT2D eigenvalue weighted by molar-refractivity contribution is -0.128. The standard InChI is InChI=1S/C11H22N2O3S/c1-3-13(10-4-5-10)11(14)8-17(15,16)7-9(2)6-12/h9-10H,3-8,12H2,1-2H3. The normalized spacial score (nSPS) is 17.8. The molecule has 1 aliphatic carbocycles. The molecule has 0 aliphatic heterocycles. The van der Waals surface area contributed by atoms with Crippen LogP contribution in [0.5, 0.6) is 0 Å². The predicted molar refractivity (Wildman–Crippen MR) is 67.3 cm³/mol. The minimum absolute atomic E-state index is 0.00252. The van der Waals surface area contributed by atoms with Crippen LogP contribution in [-0.4, -0.2) is 49.9 Å². The van der Waals surface area contributed by atoms with Crippen LogP contribution in [0.3, 0.4) is 0 Å². The number of nitrogens with zero attached hydrogens (tertiary/aromatic N) is 1. The molecule has 1 atom stereocenters. The summed E-state index contributed by atoms with van der Waals surface area (Å²) in [5.74, 6) is -0.734. The van der Waals surface area contributed by atoms with E-state index in [9.17, 15) is 13.2 Å². The molecule has 1 rings (SSSR count). The summed E-state index contributed by atoms with van der Waals surface area (Å²) in [6.45, 7) is 4.57. The van der Waals surface area contributed by atoms with Crippen LogP contribution >= 0.6 is 0 Å². The third-order valence-corrected chi connectivity index (χ3v) is 4.70. The lowest BCUT2D eigenvalue weighted by Crippen LogP contribution is -2.38. The molecule has 2 N–H and O–H groups in total. The van der Waals surface area contributed by atoms with Gasteiger partial charge in [-0.3, -0.25) is 4.79 Å². The zero-order chi connectivity index (χ0) is 13.1. The summed E-state index contributed by atoms with van der Waals surface area (Å²) in [5, 5.41) is 0. The Bertz CT molecular complexity index is 363. The second-order valence-corrected chi connectivity index (χ2v) is 6.92. The van der Waals surface area contributed by atoms with Gasteiger partial charge in [0, 0.05) is 12.6 Å². The minimum atomic E-state index is -3.32. The van der Waals surface area contributed by atoms with Gasteiger partial charge in [0.25, 0.3) is 0 Å². The summed E-state index contributed by atoms with van der Waals surface area (Å²) in [7, 11) is -3.32. The smallest absolute Gasteiger partial charge is 0.238 e. The number of carbonyl (C=O) groups excluding carboxylic acids is 1. The minimum Gasteiger partial charge on any atom is -0.339 e. The van der Waals surface area contributed by atoms with E-state index in [1.165, 1.54) is 0 Å². The van der Waals surface area contributed by atoms with Crippen molar-refractivity contribution in [3.05, 3.63) is 0 Å². The lowest BCUT2D eigenvalue weighted by Gasteiger charge is -2.20. The molecule has 0 saturated heterocycles. The molecular formula is C11H22N2O3S. The molecule has 0 heterocycles. The Kier molecular flexibility index (Phi) is 4.94. The average Bonchev–Trinajstić information content (AvgIpc) is 3.01. The molecule has 0 bridgehead atoms.